The van der Waals surface area contributed by atoms with Gasteiger partial charge in [-0.05, 0) is 65.6 Å². The second-order valence-corrected chi connectivity index (χ2v) is 9.84. The first-order chi connectivity index (χ1) is 16.9. The smallest absolute Gasteiger partial charge is 0.250 e. The fourth-order valence-corrected chi connectivity index (χ4v) is 4.28. The van der Waals surface area contributed by atoms with Gasteiger partial charge in [0.2, 0.25) is 0 Å². The standard InChI is InChI=1S/C26H23Cl2N5OS/c1-17(2)19-5-3-18(4-6-19)15-29-30-24(34)16-35-26-32-31-25(20-7-9-21(27)10-8-20)33(26)23-13-11-22(28)12-14-23/h3-15,17H,16H2,1-2H3,(H,30,34)/b29-15-. The van der Waals surface area contributed by atoms with Gasteiger partial charge in [0.25, 0.3) is 5.91 Å². The lowest BCUT2D eigenvalue weighted by atomic mass is 10.0. The summed E-state index contributed by atoms with van der Waals surface area (Å²) < 4.78 is 1.89. The van der Waals surface area contributed by atoms with Crippen molar-refractivity contribution in [1.82, 2.24) is 20.2 Å². The number of hydrogen-bond acceptors (Lipinski definition) is 5. The monoisotopic (exact) mass is 523 g/mol. The van der Waals surface area contributed by atoms with E-state index >= 15 is 0 Å². The number of amides is 1. The van der Waals surface area contributed by atoms with Crippen LogP contribution >= 0.6 is 35.0 Å². The molecule has 4 rings (SSSR count). The Morgan fingerprint density at radius 2 is 1.60 bits per heavy atom. The van der Waals surface area contributed by atoms with Crippen molar-refractivity contribution in [2.24, 2.45) is 5.10 Å². The number of carbonyl (C=O) groups excluding carboxylic acids is 1. The van der Waals surface area contributed by atoms with E-state index in [0.29, 0.717) is 26.9 Å². The number of hydrogen-bond donors (Lipinski definition) is 1. The summed E-state index contributed by atoms with van der Waals surface area (Å²) >= 11 is 13.4. The predicted molar refractivity (Wildman–Crippen MR) is 144 cm³/mol. The minimum Gasteiger partial charge on any atom is -0.272 e. The number of benzene rings is 3. The number of nitrogens with one attached hydrogen (secondary N) is 1. The number of aromatic nitrogens is 3. The van der Waals surface area contributed by atoms with Crippen LogP contribution in [0.2, 0.25) is 10.0 Å². The lowest BCUT2D eigenvalue weighted by molar-refractivity contribution is -0.118. The summed E-state index contributed by atoms with van der Waals surface area (Å²) in [6.45, 7) is 4.29. The number of nitrogens with zero attached hydrogens (tertiary/aromatic N) is 4. The molecular weight excluding hydrogens is 501 g/mol. The van der Waals surface area contributed by atoms with Crippen LogP contribution in [-0.2, 0) is 4.79 Å². The summed E-state index contributed by atoms with van der Waals surface area (Å²) in [6, 6.07) is 22.8. The van der Waals surface area contributed by atoms with Crippen molar-refractivity contribution in [2.75, 3.05) is 5.75 Å². The van der Waals surface area contributed by atoms with Crippen molar-refractivity contribution in [3.05, 3.63) is 94.0 Å². The van der Waals surface area contributed by atoms with E-state index in [1.165, 1.54) is 17.3 Å². The van der Waals surface area contributed by atoms with Gasteiger partial charge in [0.1, 0.15) is 0 Å². The molecule has 35 heavy (non-hydrogen) atoms. The maximum Gasteiger partial charge on any atom is 0.250 e. The summed E-state index contributed by atoms with van der Waals surface area (Å²) in [5, 5.41) is 14.6. The van der Waals surface area contributed by atoms with Crippen LogP contribution in [0.4, 0.5) is 0 Å². The molecule has 0 spiro atoms. The molecular formula is C26H23Cl2N5OS. The molecule has 1 heterocycles. The Bertz CT molecular complexity index is 1320. The second kappa shape index (κ2) is 11.5. The summed E-state index contributed by atoms with van der Waals surface area (Å²) in [7, 11) is 0. The Hall–Kier alpha value is -3.13. The molecule has 0 bridgehead atoms. The third-order valence-electron chi connectivity index (χ3n) is 5.16. The molecule has 1 aromatic heterocycles. The van der Waals surface area contributed by atoms with E-state index in [0.717, 1.165) is 16.8 Å². The highest BCUT2D eigenvalue weighted by Gasteiger charge is 2.17. The van der Waals surface area contributed by atoms with Crippen molar-refractivity contribution in [3.63, 3.8) is 0 Å². The van der Waals surface area contributed by atoms with E-state index in [-0.39, 0.29) is 11.7 Å². The fraction of sp³-hybridized carbons (Fsp3) is 0.154. The molecule has 0 radical (unpaired) electrons. The molecule has 0 unspecified atom stereocenters. The van der Waals surface area contributed by atoms with Crippen molar-refractivity contribution in [3.8, 4) is 17.1 Å². The number of rotatable bonds is 8. The van der Waals surface area contributed by atoms with Crippen LogP contribution in [0, 0.1) is 0 Å². The maximum atomic E-state index is 12.4. The Morgan fingerprint density at radius 1 is 0.971 bits per heavy atom. The molecule has 0 fully saturated rings. The molecule has 9 heteroatoms. The van der Waals surface area contributed by atoms with Crippen LogP contribution in [-0.4, -0.2) is 32.6 Å². The number of carbonyl (C=O) groups is 1. The first-order valence-electron chi connectivity index (χ1n) is 10.9. The van der Waals surface area contributed by atoms with Crippen LogP contribution in [0.3, 0.4) is 0 Å². The molecule has 0 saturated heterocycles. The Balaban J connectivity index is 1.47. The summed E-state index contributed by atoms with van der Waals surface area (Å²) in [6.07, 6.45) is 1.63. The minimum atomic E-state index is -0.247. The van der Waals surface area contributed by atoms with Crippen LogP contribution in [0.15, 0.2) is 83.1 Å². The van der Waals surface area contributed by atoms with E-state index in [2.05, 4.69) is 46.7 Å². The lowest BCUT2D eigenvalue weighted by Gasteiger charge is -2.10. The normalized spacial score (nSPS) is 11.3. The van der Waals surface area contributed by atoms with Crippen LogP contribution < -0.4 is 5.43 Å². The highest BCUT2D eigenvalue weighted by molar-refractivity contribution is 7.99. The largest absolute Gasteiger partial charge is 0.272 e. The van der Waals surface area contributed by atoms with Gasteiger partial charge in [0.05, 0.1) is 12.0 Å². The summed E-state index contributed by atoms with van der Waals surface area (Å²) in [5.41, 5.74) is 6.42. The first-order valence-corrected chi connectivity index (χ1v) is 12.7. The third kappa shape index (κ3) is 6.51. The SMILES string of the molecule is CC(C)c1ccc(/C=N\NC(=O)CSc2nnc(-c3ccc(Cl)cc3)n2-c2ccc(Cl)cc2)cc1. The Morgan fingerprint density at radius 3 is 2.23 bits per heavy atom. The van der Waals surface area contributed by atoms with Crippen LogP contribution in [0.1, 0.15) is 30.9 Å². The zero-order valence-corrected chi connectivity index (χ0v) is 21.5. The van der Waals surface area contributed by atoms with Gasteiger partial charge in [-0.1, -0.05) is 73.1 Å². The molecule has 1 amide bonds. The molecule has 4 aromatic rings. The molecule has 0 saturated carbocycles. The highest BCUT2D eigenvalue weighted by Crippen LogP contribution is 2.29. The van der Waals surface area contributed by atoms with Gasteiger partial charge in [-0.25, -0.2) is 5.43 Å². The van der Waals surface area contributed by atoms with E-state index in [1.54, 1.807) is 30.5 Å². The van der Waals surface area contributed by atoms with Gasteiger partial charge < -0.3 is 0 Å². The molecule has 1 N–H and O–H groups in total. The van der Waals surface area contributed by atoms with Crippen molar-refractivity contribution in [1.29, 1.82) is 0 Å². The average Bonchev–Trinajstić information content (AvgIpc) is 3.28. The molecule has 6 nitrogen and oxygen atoms in total. The minimum absolute atomic E-state index is 0.121. The molecule has 0 aliphatic rings. The fourth-order valence-electron chi connectivity index (χ4n) is 3.28. The lowest BCUT2D eigenvalue weighted by Crippen LogP contribution is -2.20. The van der Waals surface area contributed by atoms with E-state index in [9.17, 15) is 4.79 Å². The summed E-state index contributed by atoms with van der Waals surface area (Å²) in [5.74, 6) is 0.974. The van der Waals surface area contributed by atoms with Crippen LogP contribution in [0.5, 0.6) is 0 Å². The highest BCUT2D eigenvalue weighted by atomic mass is 35.5. The van der Waals surface area contributed by atoms with E-state index in [1.807, 2.05) is 41.0 Å². The maximum absolute atomic E-state index is 12.4. The molecule has 0 atom stereocenters. The number of thioether (sulfide) groups is 1. The van der Waals surface area contributed by atoms with Crippen molar-refractivity contribution < 1.29 is 4.79 Å². The molecule has 0 aliphatic heterocycles. The van der Waals surface area contributed by atoms with Crippen LogP contribution in [0.25, 0.3) is 17.1 Å². The molecule has 3 aromatic carbocycles. The first kappa shape index (κ1) is 25.0. The predicted octanol–water partition coefficient (Wildman–Crippen LogP) is 6.61. The Kier molecular flexibility index (Phi) is 8.23. The van der Waals surface area contributed by atoms with Gasteiger partial charge in [-0.2, -0.15) is 5.10 Å². The number of halogens is 2. The van der Waals surface area contributed by atoms with Gasteiger partial charge >= 0.3 is 0 Å². The quantitative estimate of drug-likeness (QED) is 0.160. The van der Waals surface area contributed by atoms with E-state index in [4.69, 9.17) is 23.2 Å². The van der Waals surface area contributed by atoms with Gasteiger partial charge in [-0.3, -0.25) is 9.36 Å². The number of hydrazone groups is 1. The summed E-state index contributed by atoms with van der Waals surface area (Å²) in [4.78, 5) is 12.4. The molecule has 0 aliphatic carbocycles. The zero-order chi connectivity index (χ0) is 24.8. The zero-order valence-electron chi connectivity index (χ0n) is 19.2. The molecule has 178 valence electrons. The van der Waals surface area contributed by atoms with Gasteiger partial charge in [-0.15, -0.1) is 10.2 Å². The average molecular weight is 524 g/mol. The van der Waals surface area contributed by atoms with Crippen molar-refractivity contribution >= 4 is 47.1 Å². The van der Waals surface area contributed by atoms with Crippen molar-refractivity contribution in [2.45, 2.75) is 24.9 Å². The topological polar surface area (TPSA) is 72.2 Å². The second-order valence-electron chi connectivity index (χ2n) is 8.03. The van der Waals surface area contributed by atoms with Gasteiger partial charge in [0, 0.05) is 21.3 Å². The third-order valence-corrected chi connectivity index (χ3v) is 6.59. The van der Waals surface area contributed by atoms with E-state index < -0.39 is 0 Å². The Labute approximate surface area is 218 Å². The van der Waals surface area contributed by atoms with Gasteiger partial charge in [0.15, 0.2) is 11.0 Å².